The number of phenols is 1. The van der Waals surface area contributed by atoms with E-state index in [4.69, 9.17) is 9.47 Å². The van der Waals surface area contributed by atoms with E-state index in [0.717, 1.165) is 5.56 Å². The van der Waals surface area contributed by atoms with E-state index in [-0.39, 0.29) is 12.4 Å². The van der Waals surface area contributed by atoms with Crippen molar-refractivity contribution in [3.63, 3.8) is 0 Å². The zero-order valence-electron chi connectivity index (χ0n) is 10.7. The van der Waals surface area contributed by atoms with Crippen LogP contribution in [-0.4, -0.2) is 17.3 Å². The lowest BCUT2D eigenvalue weighted by molar-refractivity contribution is 0.249. The van der Waals surface area contributed by atoms with Crippen LogP contribution in [0.5, 0.6) is 17.2 Å². The molecule has 100 valence electrons. The number of rotatable bonds is 5. The van der Waals surface area contributed by atoms with Crippen LogP contribution in [0.4, 0.5) is 0 Å². The minimum atomic E-state index is -0.118. The zero-order valence-corrected chi connectivity index (χ0v) is 10.7. The summed E-state index contributed by atoms with van der Waals surface area (Å²) in [5.74, 6) is 1.30. The van der Waals surface area contributed by atoms with Gasteiger partial charge in [0.15, 0.2) is 11.5 Å². The maximum absolute atomic E-state index is 9.39. The molecule has 19 heavy (non-hydrogen) atoms. The summed E-state index contributed by atoms with van der Waals surface area (Å²) in [6, 6.07) is 12.2. The van der Waals surface area contributed by atoms with Crippen molar-refractivity contribution in [2.45, 2.75) is 13.2 Å². The number of para-hydroxylation sites is 1. The molecule has 0 aromatic heterocycles. The van der Waals surface area contributed by atoms with Gasteiger partial charge in [-0.15, -0.1) is 0 Å². The Morgan fingerprint density at radius 2 is 1.89 bits per heavy atom. The maximum Gasteiger partial charge on any atom is 0.167 e. The summed E-state index contributed by atoms with van der Waals surface area (Å²) < 4.78 is 10.9. The van der Waals surface area contributed by atoms with Crippen LogP contribution >= 0.6 is 0 Å². The Kier molecular flexibility index (Phi) is 4.26. The van der Waals surface area contributed by atoms with Crippen LogP contribution in [0.2, 0.25) is 0 Å². The molecule has 0 aliphatic rings. The van der Waals surface area contributed by atoms with Crippen LogP contribution in [0.25, 0.3) is 0 Å². The van der Waals surface area contributed by atoms with E-state index >= 15 is 0 Å². The maximum atomic E-state index is 9.39. The average Bonchev–Trinajstić information content (AvgIpc) is 2.44. The van der Waals surface area contributed by atoms with Gasteiger partial charge in [-0.25, -0.2) is 0 Å². The molecule has 0 aliphatic carbocycles. The first kappa shape index (κ1) is 13.2. The summed E-state index contributed by atoms with van der Waals surface area (Å²) >= 11 is 0. The third-order valence-electron chi connectivity index (χ3n) is 2.74. The lowest BCUT2D eigenvalue weighted by Gasteiger charge is -2.14. The van der Waals surface area contributed by atoms with Gasteiger partial charge in [-0.1, -0.05) is 24.3 Å². The highest BCUT2D eigenvalue weighted by Crippen LogP contribution is 2.31. The summed E-state index contributed by atoms with van der Waals surface area (Å²) in [4.78, 5) is 0. The molecule has 4 nitrogen and oxygen atoms in total. The number of aliphatic hydroxyl groups excluding tert-OH is 1. The fraction of sp³-hybridized carbons (Fsp3) is 0.200. The molecule has 0 saturated carbocycles. The third-order valence-corrected chi connectivity index (χ3v) is 2.74. The van der Waals surface area contributed by atoms with Gasteiger partial charge < -0.3 is 19.7 Å². The van der Waals surface area contributed by atoms with Gasteiger partial charge in [-0.05, 0) is 23.8 Å². The van der Waals surface area contributed by atoms with E-state index < -0.39 is 0 Å². The van der Waals surface area contributed by atoms with E-state index in [0.29, 0.717) is 23.7 Å². The van der Waals surface area contributed by atoms with E-state index in [1.54, 1.807) is 43.5 Å². The van der Waals surface area contributed by atoms with Crippen molar-refractivity contribution < 1.29 is 19.7 Å². The number of hydrogen-bond donors (Lipinski definition) is 2. The van der Waals surface area contributed by atoms with Gasteiger partial charge in [0.05, 0.1) is 13.7 Å². The molecule has 0 saturated heterocycles. The second kappa shape index (κ2) is 6.11. The van der Waals surface area contributed by atoms with Gasteiger partial charge in [0.1, 0.15) is 12.4 Å². The molecule has 0 unspecified atom stereocenters. The van der Waals surface area contributed by atoms with Crippen molar-refractivity contribution in [1.82, 2.24) is 0 Å². The lowest BCUT2D eigenvalue weighted by atomic mass is 10.2. The minimum Gasteiger partial charge on any atom is -0.508 e. The molecule has 0 fully saturated rings. The number of phenolic OH excluding ortho intramolecular Hbond substituents is 1. The van der Waals surface area contributed by atoms with Crippen LogP contribution in [0.1, 0.15) is 11.1 Å². The second-order valence-corrected chi connectivity index (χ2v) is 4.07. The predicted molar refractivity (Wildman–Crippen MR) is 71.4 cm³/mol. The van der Waals surface area contributed by atoms with Crippen LogP contribution in [-0.2, 0) is 13.2 Å². The first-order valence-electron chi connectivity index (χ1n) is 5.92. The Balaban J connectivity index is 2.19. The zero-order chi connectivity index (χ0) is 13.7. The Labute approximate surface area is 111 Å². The summed E-state index contributed by atoms with van der Waals surface area (Å²) in [6.45, 7) is 0.175. The molecule has 2 aromatic rings. The quantitative estimate of drug-likeness (QED) is 0.867. The highest BCUT2D eigenvalue weighted by Gasteiger charge is 2.10. The number of methoxy groups -OCH3 is 1. The molecular formula is C15H16O4. The molecule has 0 aliphatic heterocycles. The summed E-state index contributed by atoms with van der Waals surface area (Å²) in [7, 11) is 1.55. The van der Waals surface area contributed by atoms with Gasteiger partial charge in [0, 0.05) is 5.56 Å². The topological polar surface area (TPSA) is 58.9 Å². The fourth-order valence-corrected chi connectivity index (χ4v) is 1.81. The van der Waals surface area contributed by atoms with Crippen molar-refractivity contribution in [3.8, 4) is 17.2 Å². The van der Waals surface area contributed by atoms with Crippen molar-refractivity contribution >= 4 is 0 Å². The highest BCUT2D eigenvalue weighted by atomic mass is 16.5. The van der Waals surface area contributed by atoms with Crippen LogP contribution in [0, 0.1) is 0 Å². The third kappa shape index (κ3) is 3.17. The van der Waals surface area contributed by atoms with Gasteiger partial charge in [0.25, 0.3) is 0 Å². The molecule has 0 atom stereocenters. The Bertz CT molecular complexity index is 529. The predicted octanol–water partition coefficient (Wildman–Crippen LogP) is 2.47. The Morgan fingerprint density at radius 1 is 1.11 bits per heavy atom. The number of hydrogen-bond acceptors (Lipinski definition) is 4. The number of aliphatic hydroxyl groups is 1. The Morgan fingerprint density at radius 3 is 2.58 bits per heavy atom. The molecule has 0 radical (unpaired) electrons. The normalized spacial score (nSPS) is 10.2. The van der Waals surface area contributed by atoms with E-state index in [2.05, 4.69) is 0 Å². The first-order chi connectivity index (χ1) is 9.24. The van der Waals surface area contributed by atoms with Gasteiger partial charge in [-0.2, -0.15) is 0 Å². The smallest absolute Gasteiger partial charge is 0.167 e. The van der Waals surface area contributed by atoms with Gasteiger partial charge in [0.2, 0.25) is 0 Å². The Hall–Kier alpha value is -2.20. The van der Waals surface area contributed by atoms with Crippen LogP contribution in [0.3, 0.4) is 0 Å². The molecular weight excluding hydrogens is 244 g/mol. The largest absolute Gasteiger partial charge is 0.508 e. The van der Waals surface area contributed by atoms with Crippen molar-refractivity contribution in [3.05, 3.63) is 53.6 Å². The number of ether oxygens (including phenoxy) is 2. The standard InChI is InChI=1S/C15H16O4/c1-18-14-7-3-5-12(9-16)15(14)19-10-11-4-2-6-13(17)8-11/h2-8,16-17H,9-10H2,1H3. The van der Waals surface area contributed by atoms with Crippen molar-refractivity contribution in [2.75, 3.05) is 7.11 Å². The number of benzene rings is 2. The summed E-state index contributed by atoms with van der Waals surface area (Å²) in [6.07, 6.45) is 0. The fourth-order valence-electron chi connectivity index (χ4n) is 1.81. The molecule has 0 heterocycles. The van der Waals surface area contributed by atoms with E-state index in [1.807, 2.05) is 6.07 Å². The SMILES string of the molecule is COc1cccc(CO)c1OCc1cccc(O)c1. The highest BCUT2D eigenvalue weighted by molar-refractivity contribution is 5.46. The van der Waals surface area contributed by atoms with Crippen LogP contribution in [0.15, 0.2) is 42.5 Å². The van der Waals surface area contributed by atoms with Gasteiger partial charge >= 0.3 is 0 Å². The monoisotopic (exact) mass is 260 g/mol. The van der Waals surface area contributed by atoms with Gasteiger partial charge in [-0.3, -0.25) is 0 Å². The summed E-state index contributed by atoms with van der Waals surface area (Å²) in [5.41, 5.74) is 1.51. The molecule has 2 rings (SSSR count). The minimum absolute atomic E-state index is 0.118. The molecule has 2 N–H and O–H groups in total. The van der Waals surface area contributed by atoms with Crippen molar-refractivity contribution in [1.29, 1.82) is 0 Å². The average molecular weight is 260 g/mol. The molecule has 0 bridgehead atoms. The second-order valence-electron chi connectivity index (χ2n) is 4.07. The summed E-state index contributed by atoms with van der Waals surface area (Å²) in [5, 5.41) is 18.7. The molecule has 2 aromatic carbocycles. The molecule has 0 amide bonds. The van der Waals surface area contributed by atoms with Crippen molar-refractivity contribution in [2.24, 2.45) is 0 Å². The lowest BCUT2D eigenvalue weighted by Crippen LogP contribution is -2.01. The molecule has 4 heteroatoms. The van der Waals surface area contributed by atoms with E-state index in [1.165, 1.54) is 0 Å². The van der Waals surface area contributed by atoms with E-state index in [9.17, 15) is 10.2 Å². The van der Waals surface area contributed by atoms with Crippen LogP contribution < -0.4 is 9.47 Å². The number of aromatic hydroxyl groups is 1. The first-order valence-corrected chi connectivity index (χ1v) is 5.92. The molecule has 0 spiro atoms.